The summed E-state index contributed by atoms with van der Waals surface area (Å²) in [6.45, 7) is 2.83. The zero-order chi connectivity index (χ0) is 22.9. The van der Waals surface area contributed by atoms with E-state index in [4.69, 9.17) is 16.1 Å². The van der Waals surface area contributed by atoms with Crippen molar-refractivity contribution in [1.29, 1.82) is 0 Å². The van der Waals surface area contributed by atoms with Gasteiger partial charge in [0.1, 0.15) is 6.54 Å². The Kier molecular flexibility index (Phi) is 5.81. The van der Waals surface area contributed by atoms with E-state index in [0.717, 1.165) is 15.4 Å². The summed E-state index contributed by atoms with van der Waals surface area (Å²) < 4.78 is 35.0. The van der Waals surface area contributed by atoms with Gasteiger partial charge in [-0.25, -0.2) is 4.31 Å². The van der Waals surface area contributed by atoms with Gasteiger partial charge in [-0.15, -0.1) is 4.40 Å². The largest absolute Gasteiger partial charge is 0.344 e. The predicted molar refractivity (Wildman–Crippen MR) is 121 cm³/mol. The third-order valence-electron chi connectivity index (χ3n) is 4.67. The average Bonchev–Trinajstić information content (AvgIpc) is 3.23. The average molecular weight is 472 g/mol. The summed E-state index contributed by atoms with van der Waals surface area (Å²) in [6, 6.07) is 14.2. The molecule has 1 N–H and O–H groups in total. The number of carbonyl (C=O) groups is 1. The highest BCUT2D eigenvalue weighted by Gasteiger charge is 2.30. The highest BCUT2D eigenvalue weighted by Crippen LogP contribution is 2.26. The van der Waals surface area contributed by atoms with Crippen LogP contribution >= 0.6 is 11.6 Å². The van der Waals surface area contributed by atoms with E-state index in [-0.39, 0.29) is 11.6 Å². The fourth-order valence-electron chi connectivity index (χ4n) is 3.01. The lowest BCUT2D eigenvalue weighted by molar-refractivity contribution is -0.116. The molecule has 0 saturated carbocycles. The van der Waals surface area contributed by atoms with Crippen LogP contribution in [-0.2, 0) is 15.0 Å². The molecule has 0 unspecified atom stereocenters. The zero-order valence-electron chi connectivity index (χ0n) is 17.1. The van der Waals surface area contributed by atoms with Crippen molar-refractivity contribution in [1.82, 2.24) is 14.4 Å². The molecule has 9 nitrogen and oxygen atoms in total. The van der Waals surface area contributed by atoms with Crippen molar-refractivity contribution < 1.29 is 17.7 Å². The summed E-state index contributed by atoms with van der Waals surface area (Å²) in [5.74, 6) is -0.112. The van der Waals surface area contributed by atoms with Crippen LogP contribution in [0.4, 0.5) is 5.69 Å². The van der Waals surface area contributed by atoms with Crippen LogP contribution < -0.4 is 5.32 Å². The standard InChI is InChI=1S/C21H18ClN5O4S/c1-13-8-9-16(22)10-18(13)23-19(28)12-27-11-17(14(2)26-32(27,29)30)21-24-20(25-31-21)15-6-4-3-5-7-15/h3-11H,12H2,1-2H3,(H,23,28). The van der Waals surface area contributed by atoms with Gasteiger partial charge in [0.2, 0.25) is 11.7 Å². The second-order valence-corrected chi connectivity index (χ2v) is 9.02. The number of aromatic nitrogens is 2. The first-order valence-corrected chi connectivity index (χ1v) is 11.3. The molecule has 1 aliphatic heterocycles. The van der Waals surface area contributed by atoms with Gasteiger partial charge >= 0.3 is 10.2 Å². The Morgan fingerprint density at radius 2 is 1.91 bits per heavy atom. The van der Waals surface area contributed by atoms with Crippen LogP contribution in [0.1, 0.15) is 18.4 Å². The number of hydrogen-bond donors (Lipinski definition) is 1. The number of aryl methyl sites for hydroxylation is 1. The molecule has 2 heterocycles. The second-order valence-electron chi connectivity index (χ2n) is 7.04. The third kappa shape index (κ3) is 4.56. The van der Waals surface area contributed by atoms with Crippen molar-refractivity contribution in [2.24, 2.45) is 4.40 Å². The lowest BCUT2D eigenvalue weighted by Gasteiger charge is -2.22. The molecule has 2 aromatic carbocycles. The first kappa shape index (κ1) is 21.7. The molecule has 0 spiro atoms. The maximum absolute atomic E-state index is 12.6. The van der Waals surface area contributed by atoms with Crippen LogP contribution in [0.5, 0.6) is 0 Å². The van der Waals surface area contributed by atoms with Gasteiger partial charge in [0.15, 0.2) is 0 Å². The zero-order valence-corrected chi connectivity index (χ0v) is 18.7. The summed E-state index contributed by atoms with van der Waals surface area (Å²) in [5, 5.41) is 7.07. The van der Waals surface area contributed by atoms with Crippen molar-refractivity contribution in [3.63, 3.8) is 0 Å². The first-order chi connectivity index (χ1) is 15.2. The summed E-state index contributed by atoms with van der Waals surface area (Å²) in [7, 11) is -4.10. The monoisotopic (exact) mass is 471 g/mol. The van der Waals surface area contributed by atoms with Gasteiger partial charge < -0.3 is 9.84 Å². The third-order valence-corrected chi connectivity index (χ3v) is 6.24. The summed E-state index contributed by atoms with van der Waals surface area (Å²) in [5.41, 5.74) is 2.50. The lowest BCUT2D eigenvalue weighted by Crippen LogP contribution is -2.36. The quantitative estimate of drug-likeness (QED) is 0.606. The van der Waals surface area contributed by atoms with E-state index < -0.39 is 22.7 Å². The molecule has 0 atom stereocenters. The second kappa shape index (κ2) is 8.56. The molecule has 1 amide bonds. The number of nitrogens with one attached hydrogen (secondary N) is 1. The van der Waals surface area contributed by atoms with Crippen LogP contribution in [0.15, 0.2) is 63.7 Å². The van der Waals surface area contributed by atoms with Gasteiger partial charge in [-0.3, -0.25) is 4.79 Å². The minimum Gasteiger partial charge on any atom is -0.333 e. The van der Waals surface area contributed by atoms with Gasteiger partial charge in [0.25, 0.3) is 5.89 Å². The SMILES string of the molecule is CC1=NS(=O)(=O)N(CC(=O)Nc2cc(Cl)ccc2C)C=C1c1nc(-c2ccccc2)no1. The van der Waals surface area contributed by atoms with E-state index >= 15 is 0 Å². The van der Waals surface area contributed by atoms with Gasteiger partial charge in [0.05, 0.1) is 11.3 Å². The van der Waals surface area contributed by atoms with Crippen LogP contribution in [0, 0.1) is 6.92 Å². The molecule has 32 heavy (non-hydrogen) atoms. The van der Waals surface area contributed by atoms with E-state index in [9.17, 15) is 13.2 Å². The molecule has 0 radical (unpaired) electrons. The summed E-state index contributed by atoms with van der Waals surface area (Å²) in [6.07, 6.45) is 1.27. The molecule has 3 aromatic rings. The fraction of sp³-hybridized carbons (Fsp3) is 0.143. The van der Waals surface area contributed by atoms with E-state index in [1.807, 2.05) is 30.3 Å². The number of amides is 1. The number of anilines is 1. The Morgan fingerprint density at radius 1 is 1.16 bits per heavy atom. The molecule has 0 aliphatic carbocycles. The van der Waals surface area contributed by atoms with Gasteiger partial charge in [-0.05, 0) is 31.5 Å². The van der Waals surface area contributed by atoms with Gasteiger partial charge in [-0.2, -0.15) is 13.4 Å². The molecule has 4 rings (SSSR count). The molecule has 0 saturated heterocycles. The molecule has 0 bridgehead atoms. The highest BCUT2D eigenvalue weighted by atomic mass is 35.5. The molecule has 11 heteroatoms. The van der Waals surface area contributed by atoms with Crippen LogP contribution in [0.3, 0.4) is 0 Å². The summed E-state index contributed by atoms with van der Waals surface area (Å²) in [4.78, 5) is 16.9. The van der Waals surface area contributed by atoms with Gasteiger partial charge in [0, 0.05) is 22.5 Å². The van der Waals surface area contributed by atoms with Crippen LogP contribution in [0.25, 0.3) is 17.0 Å². The van der Waals surface area contributed by atoms with Crippen LogP contribution in [-0.4, -0.2) is 41.0 Å². The van der Waals surface area contributed by atoms with Crippen molar-refractivity contribution in [2.75, 3.05) is 11.9 Å². The highest BCUT2D eigenvalue weighted by molar-refractivity contribution is 7.88. The van der Waals surface area contributed by atoms with Crippen molar-refractivity contribution in [3.05, 3.63) is 71.2 Å². The number of hydrogen-bond acceptors (Lipinski definition) is 6. The minimum absolute atomic E-state index is 0.0936. The normalized spacial score (nSPS) is 15.2. The molecular formula is C21H18ClN5O4S. The lowest BCUT2D eigenvalue weighted by atomic mass is 10.2. The van der Waals surface area contributed by atoms with E-state index in [2.05, 4.69) is 19.9 Å². The smallest absolute Gasteiger partial charge is 0.333 e. The number of carbonyl (C=O) groups excluding carboxylic acids is 1. The topological polar surface area (TPSA) is 118 Å². The van der Waals surface area contributed by atoms with Crippen molar-refractivity contribution >= 4 is 44.7 Å². The van der Waals surface area contributed by atoms with Crippen molar-refractivity contribution in [2.45, 2.75) is 13.8 Å². The Morgan fingerprint density at radius 3 is 2.66 bits per heavy atom. The summed E-state index contributed by atoms with van der Waals surface area (Å²) >= 11 is 5.98. The predicted octanol–water partition coefficient (Wildman–Crippen LogP) is 3.70. The number of allylic oxidation sites excluding steroid dienone is 1. The first-order valence-electron chi connectivity index (χ1n) is 9.49. The molecule has 0 fully saturated rings. The number of nitrogens with zero attached hydrogens (tertiary/aromatic N) is 4. The molecule has 164 valence electrons. The molecule has 1 aliphatic rings. The Labute approximate surface area is 189 Å². The van der Waals surface area contributed by atoms with Gasteiger partial charge in [-0.1, -0.05) is 53.2 Å². The maximum Gasteiger partial charge on any atom is 0.344 e. The number of rotatable bonds is 5. The van der Waals surface area contributed by atoms with E-state index in [1.165, 1.54) is 13.1 Å². The number of halogens is 1. The van der Waals surface area contributed by atoms with E-state index in [1.54, 1.807) is 25.1 Å². The van der Waals surface area contributed by atoms with E-state index in [0.29, 0.717) is 22.1 Å². The Bertz CT molecular complexity index is 1350. The maximum atomic E-state index is 12.6. The number of benzene rings is 2. The minimum atomic E-state index is -4.10. The molecule has 1 aromatic heterocycles. The molecular weight excluding hydrogens is 454 g/mol. The Balaban J connectivity index is 1.59. The van der Waals surface area contributed by atoms with Crippen molar-refractivity contribution in [3.8, 4) is 11.4 Å². The Hall–Kier alpha value is -3.50. The van der Waals surface area contributed by atoms with Crippen LogP contribution in [0.2, 0.25) is 5.02 Å². The fourth-order valence-corrected chi connectivity index (χ4v) is 4.25.